The number of carbonyl (C=O) groups is 1. The van der Waals surface area contributed by atoms with Crippen molar-refractivity contribution in [1.82, 2.24) is 10.2 Å². The minimum absolute atomic E-state index is 0.0395. The van der Waals surface area contributed by atoms with E-state index in [-0.39, 0.29) is 24.6 Å². The second-order valence-electron chi connectivity index (χ2n) is 5.75. The van der Waals surface area contributed by atoms with Crippen LogP contribution in [0.5, 0.6) is 11.5 Å². The minimum Gasteiger partial charge on any atom is -0.454 e. The number of aromatic nitrogens is 2. The molecule has 0 radical (unpaired) electrons. The number of ether oxygens (including phenoxy) is 2. The highest BCUT2D eigenvalue weighted by molar-refractivity contribution is 6.04. The zero-order chi connectivity index (χ0) is 17.4. The Morgan fingerprint density at radius 2 is 1.88 bits per heavy atom. The predicted octanol–water partition coefficient (Wildman–Crippen LogP) is 3.33. The third-order valence-corrected chi connectivity index (χ3v) is 3.89. The van der Waals surface area contributed by atoms with Gasteiger partial charge < -0.3 is 13.9 Å². The third-order valence-electron chi connectivity index (χ3n) is 3.89. The molecule has 0 bridgehead atoms. The Hall–Kier alpha value is -3.35. The number of nitrogens with zero attached hydrogens (tertiary/aromatic N) is 2. The number of aryl methyl sites for hydroxylation is 2. The molecule has 0 fully saturated rings. The summed E-state index contributed by atoms with van der Waals surface area (Å²) in [6, 6.07) is 11.0. The van der Waals surface area contributed by atoms with Crippen LogP contribution in [0.2, 0.25) is 0 Å². The van der Waals surface area contributed by atoms with Gasteiger partial charge in [0.15, 0.2) is 11.5 Å². The van der Waals surface area contributed by atoms with E-state index in [1.807, 2.05) is 26.0 Å². The fourth-order valence-electron chi connectivity index (χ4n) is 2.65. The molecule has 0 aliphatic carbocycles. The van der Waals surface area contributed by atoms with Crippen molar-refractivity contribution in [3.8, 4) is 23.0 Å². The summed E-state index contributed by atoms with van der Waals surface area (Å²) < 4.78 is 16.1. The number of rotatable bonds is 3. The topological polar surface area (TPSA) is 86.5 Å². The van der Waals surface area contributed by atoms with Crippen LogP contribution in [0, 0.1) is 13.8 Å². The Kier molecular flexibility index (Phi) is 3.61. The summed E-state index contributed by atoms with van der Waals surface area (Å²) in [6.45, 7) is 4.05. The van der Waals surface area contributed by atoms with Gasteiger partial charge in [0.05, 0.1) is 0 Å². The average Bonchev–Trinajstić information content (AvgIpc) is 3.22. The van der Waals surface area contributed by atoms with Crippen LogP contribution in [-0.4, -0.2) is 22.9 Å². The summed E-state index contributed by atoms with van der Waals surface area (Å²) in [6.07, 6.45) is 0. The first-order valence-electron chi connectivity index (χ1n) is 7.72. The molecule has 25 heavy (non-hydrogen) atoms. The van der Waals surface area contributed by atoms with Crippen LogP contribution in [0.25, 0.3) is 11.5 Å². The number of amides is 1. The summed E-state index contributed by atoms with van der Waals surface area (Å²) >= 11 is 0. The van der Waals surface area contributed by atoms with Gasteiger partial charge in [0.25, 0.3) is 5.91 Å². The molecule has 7 heteroatoms. The Labute approximate surface area is 143 Å². The van der Waals surface area contributed by atoms with Gasteiger partial charge in [-0.3, -0.25) is 10.1 Å². The molecule has 1 N–H and O–H groups in total. The van der Waals surface area contributed by atoms with Crippen LogP contribution in [0.3, 0.4) is 0 Å². The summed E-state index contributed by atoms with van der Waals surface area (Å²) in [7, 11) is 0. The molecule has 3 aromatic rings. The zero-order valence-corrected chi connectivity index (χ0v) is 13.7. The first kappa shape index (κ1) is 15.2. The maximum Gasteiger partial charge on any atom is 0.322 e. The van der Waals surface area contributed by atoms with Crippen LogP contribution in [-0.2, 0) is 0 Å². The quantitative estimate of drug-likeness (QED) is 0.789. The van der Waals surface area contributed by atoms with Gasteiger partial charge in [0.2, 0.25) is 12.7 Å². The van der Waals surface area contributed by atoms with Gasteiger partial charge in [-0.25, -0.2) is 0 Å². The van der Waals surface area contributed by atoms with Crippen LogP contribution in [0.1, 0.15) is 21.5 Å². The van der Waals surface area contributed by atoms with E-state index in [2.05, 4.69) is 15.5 Å². The fraction of sp³-hybridized carbons (Fsp3) is 0.167. The van der Waals surface area contributed by atoms with Crippen molar-refractivity contribution in [2.45, 2.75) is 13.8 Å². The number of anilines is 1. The molecule has 0 spiro atoms. The van der Waals surface area contributed by atoms with Crippen molar-refractivity contribution in [3.63, 3.8) is 0 Å². The lowest BCUT2D eigenvalue weighted by atomic mass is 10.1. The Morgan fingerprint density at radius 3 is 2.72 bits per heavy atom. The van der Waals surface area contributed by atoms with E-state index in [1.54, 1.807) is 24.3 Å². The molecule has 4 rings (SSSR count). The lowest BCUT2D eigenvalue weighted by Gasteiger charge is -2.05. The highest BCUT2D eigenvalue weighted by Crippen LogP contribution is 2.35. The molecule has 0 saturated carbocycles. The van der Waals surface area contributed by atoms with E-state index in [9.17, 15) is 4.79 Å². The van der Waals surface area contributed by atoms with Crippen LogP contribution in [0.4, 0.5) is 6.01 Å². The van der Waals surface area contributed by atoms with Gasteiger partial charge in [0.1, 0.15) is 0 Å². The standard InChI is InChI=1S/C18H15N3O4/c1-10-3-5-13(11(2)7-10)16(22)19-18-21-20-17(25-18)12-4-6-14-15(8-12)24-9-23-14/h3-8H,9H2,1-2H3,(H,19,21,22). The maximum atomic E-state index is 12.4. The van der Waals surface area contributed by atoms with Crippen LogP contribution in [0.15, 0.2) is 40.8 Å². The first-order valence-corrected chi connectivity index (χ1v) is 7.72. The number of carbonyl (C=O) groups excluding carboxylic acids is 1. The second kappa shape index (κ2) is 5.94. The summed E-state index contributed by atoms with van der Waals surface area (Å²) in [5, 5.41) is 10.5. The van der Waals surface area contributed by atoms with Gasteiger partial charge in [-0.15, -0.1) is 5.10 Å². The lowest BCUT2D eigenvalue weighted by molar-refractivity contribution is 0.102. The van der Waals surface area contributed by atoms with Crippen molar-refractivity contribution >= 4 is 11.9 Å². The molecule has 0 saturated heterocycles. The van der Waals surface area contributed by atoms with Crippen molar-refractivity contribution in [3.05, 3.63) is 53.1 Å². The Morgan fingerprint density at radius 1 is 1.04 bits per heavy atom. The van der Waals surface area contributed by atoms with Crippen molar-refractivity contribution in [1.29, 1.82) is 0 Å². The number of fused-ring (bicyclic) bond motifs is 1. The molecule has 1 aromatic heterocycles. The van der Waals surface area contributed by atoms with E-state index >= 15 is 0 Å². The van der Waals surface area contributed by atoms with Crippen molar-refractivity contribution in [2.75, 3.05) is 12.1 Å². The third kappa shape index (κ3) is 2.91. The summed E-state index contributed by atoms with van der Waals surface area (Å²) in [4.78, 5) is 12.4. The molecular weight excluding hydrogens is 322 g/mol. The monoisotopic (exact) mass is 337 g/mol. The first-order chi connectivity index (χ1) is 12.1. The molecule has 1 aliphatic heterocycles. The molecule has 1 amide bonds. The maximum absolute atomic E-state index is 12.4. The molecule has 0 atom stereocenters. The highest BCUT2D eigenvalue weighted by atomic mass is 16.7. The molecule has 0 unspecified atom stereocenters. The van der Waals surface area contributed by atoms with Crippen LogP contribution < -0.4 is 14.8 Å². The Balaban J connectivity index is 1.54. The highest BCUT2D eigenvalue weighted by Gasteiger charge is 2.18. The fourth-order valence-corrected chi connectivity index (χ4v) is 2.65. The molecule has 126 valence electrons. The van der Waals surface area contributed by atoms with Crippen molar-refractivity contribution < 1.29 is 18.7 Å². The molecule has 7 nitrogen and oxygen atoms in total. The van der Waals surface area contributed by atoms with Gasteiger partial charge in [-0.1, -0.05) is 22.8 Å². The molecule has 2 heterocycles. The number of benzene rings is 2. The zero-order valence-electron chi connectivity index (χ0n) is 13.7. The lowest BCUT2D eigenvalue weighted by Crippen LogP contribution is -2.13. The van der Waals surface area contributed by atoms with Gasteiger partial charge in [0, 0.05) is 11.1 Å². The minimum atomic E-state index is -0.293. The van der Waals surface area contributed by atoms with E-state index in [4.69, 9.17) is 13.9 Å². The van der Waals surface area contributed by atoms with Crippen LogP contribution >= 0.6 is 0 Å². The molecule has 1 aliphatic rings. The smallest absolute Gasteiger partial charge is 0.322 e. The average molecular weight is 337 g/mol. The van der Waals surface area contributed by atoms with Crippen molar-refractivity contribution in [2.24, 2.45) is 0 Å². The van der Waals surface area contributed by atoms with E-state index in [0.29, 0.717) is 22.6 Å². The van der Waals surface area contributed by atoms with Gasteiger partial charge in [-0.05, 0) is 43.7 Å². The van der Waals surface area contributed by atoms with Gasteiger partial charge in [-0.2, -0.15) is 0 Å². The SMILES string of the molecule is Cc1ccc(C(=O)Nc2nnc(-c3ccc4c(c3)OCO4)o2)c(C)c1. The molecular formula is C18H15N3O4. The normalized spacial score (nSPS) is 12.2. The van der Waals surface area contributed by atoms with E-state index < -0.39 is 0 Å². The summed E-state index contributed by atoms with van der Waals surface area (Å²) in [5.41, 5.74) is 3.22. The Bertz CT molecular complexity index is 965. The molecule has 2 aromatic carbocycles. The largest absolute Gasteiger partial charge is 0.454 e. The van der Waals surface area contributed by atoms with E-state index in [1.165, 1.54) is 0 Å². The number of hydrogen-bond donors (Lipinski definition) is 1. The number of hydrogen-bond acceptors (Lipinski definition) is 6. The second-order valence-corrected chi connectivity index (χ2v) is 5.75. The number of nitrogens with one attached hydrogen (secondary N) is 1. The van der Waals surface area contributed by atoms with E-state index in [0.717, 1.165) is 11.1 Å². The summed E-state index contributed by atoms with van der Waals surface area (Å²) in [5.74, 6) is 1.29. The predicted molar refractivity (Wildman–Crippen MR) is 89.7 cm³/mol. The van der Waals surface area contributed by atoms with Gasteiger partial charge >= 0.3 is 6.01 Å².